The number of carbonyl (C=O) groups excluding carboxylic acids is 3. The van der Waals surface area contributed by atoms with Crippen molar-refractivity contribution >= 4 is 17.9 Å². The quantitative estimate of drug-likeness (QED) is 0.317. The minimum Gasteiger partial charge on any atom is -0.453 e. The number of ether oxygens (including phenoxy) is 1. The lowest BCUT2D eigenvalue weighted by molar-refractivity contribution is -0.129. The third kappa shape index (κ3) is 15.1. The van der Waals surface area contributed by atoms with E-state index in [1.54, 1.807) is 7.05 Å². The molecule has 0 rings (SSSR count). The minimum atomic E-state index is -0.534. The van der Waals surface area contributed by atoms with Crippen molar-refractivity contribution in [3.05, 3.63) is 0 Å². The van der Waals surface area contributed by atoms with Gasteiger partial charge < -0.3 is 20.3 Å². The van der Waals surface area contributed by atoms with Crippen LogP contribution in [0.2, 0.25) is 0 Å². The molecule has 2 N–H and O–H groups in total. The van der Waals surface area contributed by atoms with Crippen LogP contribution in [0.4, 0.5) is 4.79 Å². The zero-order valence-corrected chi connectivity index (χ0v) is 19.8. The number of unbranched alkanes of at least 4 members (excludes halogenated alkanes) is 10. The number of carbonyl (C=O) groups is 3. The summed E-state index contributed by atoms with van der Waals surface area (Å²) in [5.41, 5.74) is 0. The van der Waals surface area contributed by atoms with Gasteiger partial charge in [0.2, 0.25) is 11.8 Å². The van der Waals surface area contributed by atoms with Crippen LogP contribution in [0.3, 0.4) is 0 Å². The van der Waals surface area contributed by atoms with Crippen molar-refractivity contribution in [2.24, 2.45) is 0 Å². The highest BCUT2D eigenvalue weighted by molar-refractivity contribution is 5.87. The molecule has 3 amide bonds. The molecule has 0 radical (unpaired) electrons. The van der Waals surface area contributed by atoms with Crippen LogP contribution in [-0.2, 0) is 14.3 Å². The van der Waals surface area contributed by atoms with E-state index in [9.17, 15) is 14.4 Å². The van der Waals surface area contributed by atoms with Crippen molar-refractivity contribution in [3.63, 3.8) is 0 Å². The highest BCUT2D eigenvalue weighted by atomic mass is 16.5. The van der Waals surface area contributed by atoms with E-state index in [0.29, 0.717) is 25.9 Å². The van der Waals surface area contributed by atoms with E-state index in [0.717, 1.165) is 12.8 Å². The van der Waals surface area contributed by atoms with E-state index in [2.05, 4.69) is 22.3 Å². The largest absolute Gasteiger partial charge is 0.453 e. The van der Waals surface area contributed by atoms with E-state index in [-0.39, 0.29) is 11.8 Å². The van der Waals surface area contributed by atoms with Crippen LogP contribution in [0.5, 0.6) is 0 Å². The van der Waals surface area contributed by atoms with Crippen molar-refractivity contribution in [2.45, 2.75) is 103 Å². The monoisotopic (exact) mass is 427 g/mol. The molecule has 0 aromatic heterocycles. The lowest BCUT2D eigenvalue weighted by atomic mass is 10.1. The molecule has 0 aliphatic heterocycles. The zero-order valence-electron chi connectivity index (χ0n) is 19.8. The molecule has 0 aliphatic carbocycles. The van der Waals surface area contributed by atoms with Crippen LogP contribution in [-0.4, -0.2) is 56.1 Å². The lowest BCUT2D eigenvalue weighted by Crippen LogP contribution is -2.48. The molecule has 7 heteroatoms. The molecule has 0 aliphatic rings. The topological polar surface area (TPSA) is 87.7 Å². The Morgan fingerprint density at radius 3 is 1.90 bits per heavy atom. The molecule has 0 unspecified atom stereocenters. The second-order valence-electron chi connectivity index (χ2n) is 8.00. The summed E-state index contributed by atoms with van der Waals surface area (Å²) in [4.78, 5) is 37.0. The Balaban J connectivity index is 3.78. The van der Waals surface area contributed by atoms with Gasteiger partial charge in [0.05, 0.1) is 7.11 Å². The zero-order chi connectivity index (χ0) is 22.6. The molecule has 0 bridgehead atoms. The lowest BCUT2D eigenvalue weighted by Gasteiger charge is -2.19. The summed E-state index contributed by atoms with van der Waals surface area (Å²) in [7, 11) is 2.92. The molecule has 1 atom stereocenters. The molecule has 0 spiro atoms. The summed E-state index contributed by atoms with van der Waals surface area (Å²) in [6.45, 7) is 4.77. The summed E-state index contributed by atoms with van der Waals surface area (Å²) >= 11 is 0. The Morgan fingerprint density at radius 2 is 1.40 bits per heavy atom. The van der Waals surface area contributed by atoms with Crippen molar-refractivity contribution < 1.29 is 19.1 Å². The summed E-state index contributed by atoms with van der Waals surface area (Å²) < 4.78 is 4.60. The molecular formula is C23H45N3O4. The second kappa shape index (κ2) is 19.2. The maximum atomic E-state index is 12.2. The van der Waals surface area contributed by atoms with Crippen molar-refractivity contribution in [2.75, 3.05) is 27.2 Å². The first kappa shape index (κ1) is 28.2. The van der Waals surface area contributed by atoms with Gasteiger partial charge in [0.15, 0.2) is 0 Å². The molecular weight excluding hydrogens is 382 g/mol. The highest BCUT2D eigenvalue weighted by Gasteiger charge is 2.18. The Labute approximate surface area is 183 Å². The minimum absolute atomic E-state index is 0.0698. The molecule has 176 valence electrons. The molecule has 0 saturated carbocycles. The first-order valence-electron chi connectivity index (χ1n) is 11.8. The predicted octanol–water partition coefficient (Wildman–Crippen LogP) is 4.40. The summed E-state index contributed by atoms with van der Waals surface area (Å²) in [6, 6.07) is -0.534. The van der Waals surface area contributed by atoms with Gasteiger partial charge in [-0.3, -0.25) is 9.59 Å². The number of amides is 3. The fourth-order valence-corrected chi connectivity index (χ4v) is 3.29. The number of hydrogen-bond acceptors (Lipinski definition) is 4. The summed E-state index contributed by atoms with van der Waals surface area (Å²) in [5, 5.41) is 5.58. The van der Waals surface area contributed by atoms with E-state index in [1.165, 1.54) is 69.8 Å². The standard InChI is InChI=1S/C23H45N3O4/c1-5-7-8-9-10-11-12-13-14-15-16-17-21(27)25-20(6-2)22(28)24-18-19-26(3)23(29)30-4/h20H,5-19H2,1-4H3,(H,24,28)(H,25,27)/t20-/m1/s1. The van der Waals surface area contributed by atoms with Gasteiger partial charge in [-0.25, -0.2) is 4.79 Å². The molecule has 7 nitrogen and oxygen atoms in total. The maximum absolute atomic E-state index is 12.2. The third-order valence-corrected chi connectivity index (χ3v) is 5.30. The number of nitrogens with one attached hydrogen (secondary N) is 2. The Bertz CT molecular complexity index is 471. The van der Waals surface area contributed by atoms with Gasteiger partial charge in [-0.05, 0) is 12.8 Å². The van der Waals surface area contributed by atoms with Gasteiger partial charge in [-0.1, -0.05) is 78.1 Å². The van der Waals surface area contributed by atoms with Gasteiger partial charge in [0.1, 0.15) is 6.04 Å². The Kier molecular flexibility index (Phi) is 18.0. The summed E-state index contributed by atoms with van der Waals surface area (Å²) in [6.07, 6.45) is 14.2. The van der Waals surface area contributed by atoms with Crippen molar-refractivity contribution in [1.29, 1.82) is 0 Å². The molecule has 0 heterocycles. The van der Waals surface area contributed by atoms with E-state index in [4.69, 9.17) is 0 Å². The fourth-order valence-electron chi connectivity index (χ4n) is 3.29. The van der Waals surface area contributed by atoms with E-state index < -0.39 is 12.1 Å². The van der Waals surface area contributed by atoms with E-state index in [1.807, 2.05) is 6.92 Å². The van der Waals surface area contributed by atoms with Crippen LogP contribution < -0.4 is 10.6 Å². The van der Waals surface area contributed by atoms with Crippen molar-refractivity contribution in [3.8, 4) is 0 Å². The number of methoxy groups -OCH3 is 1. The van der Waals surface area contributed by atoms with Gasteiger partial charge in [0, 0.05) is 26.6 Å². The van der Waals surface area contributed by atoms with Gasteiger partial charge in [0.25, 0.3) is 0 Å². The number of likely N-dealkylation sites (N-methyl/N-ethyl adjacent to an activating group) is 1. The van der Waals surface area contributed by atoms with E-state index >= 15 is 0 Å². The second-order valence-corrected chi connectivity index (χ2v) is 8.00. The number of rotatable bonds is 18. The predicted molar refractivity (Wildman–Crippen MR) is 121 cm³/mol. The average molecular weight is 428 g/mol. The first-order valence-corrected chi connectivity index (χ1v) is 11.8. The molecule has 0 fully saturated rings. The van der Waals surface area contributed by atoms with Crippen LogP contribution in [0.25, 0.3) is 0 Å². The fraction of sp³-hybridized carbons (Fsp3) is 0.870. The summed E-state index contributed by atoms with van der Waals surface area (Å²) in [5.74, 6) is -0.289. The highest BCUT2D eigenvalue weighted by Crippen LogP contribution is 2.12. The van der Waals surface area contributed by atoms with Crippen LogP contribution in [0.15, 0.2) is 0 Å². The van der Waals surface area contributed by atoms with Gasteiger partial charge >= 0.3 is 6.09 Å². The van der Waals surface area contributed by atoms with Crippen molar-refractivity contribution in [1.82, 2.24) is 15.5 Å². The Morgan fingerprint density at radius 1 is 0.867 bits per heavy atom. The van der Waals surface area contributed by atoms with Crippen LogP contribution in [0, 0.1) is 0 Å². The SMILES string of the molecule is CCCCCCCCCCCCCC(=O)N[C@H](CC)C(=O)NCCN(C)C(=O)OC. The maximum Gasteiger partial charge on any atom is 0.409 e. The normalized spacial score (nSPS) is 11.6. The Hall–Kier alpha value is -1.79. The third-order valence-electron chi connectivity index (χ3n) is 5.30. The number of hydrogen-bond donors (Lipinski definition) is 2. The molecule has 0 saturated heterocycles. The molecule has 0 aromatic rings. The van der Waals surface area contributed by atoms with Crippen LogP contribution in [0.1, 0.15) is 97.3 Å². The molecule has 0 aromatic carbocycles. The average Bonchev–Trinajstić information content (AvgIpc) is 2.74. The van der Waals surface area contributed by atoms with Crippen LogP contribution >= 0.6 is 0 Å². The number of nitrogens with zero attached hydrogens (tertiary/aromatic N) is 1. The smallest absolute Gasteiger partial charge is 0.409 e. The van der Waals surface area contributed by atoms with Gasteiger partial charge in [-0.2, -0.15) is 0 Å². The first-order chi connectivity index (χ1) is 14.5. The van der Waals surface area contributed by atoms with Gasteiger partial charge in [-0.15, -0.1) is 0 Å². The molecule has 30 heavy (non-hydrogen) atoms.